The van der Waals surface area contributed by atoms with Gasteiger partial charge in [-0.05, 0) is 18.9 Å². The Kier molecular flexibility index (Phi) is 3.57. The molecular weight excluding hydrogens is 250 g/mol. The van der Waals surface area contributed by atoms with Crippen molar-refractivity contribution in [3.05, 3.63) is 39.7 Å². The lowest BCUT2D eigenvalue weighted by atomic mass is 10.1. The molecule has 0 aliphatic carbocycles. The quantitative estimate of drug-likeness (QED) is 0.671. The Bertz CT molecular complexity index is 609. The molecule has 0 saturated carbocycles. The van der Waals surface area contributed by atoms with Crippen LogP contribution in [0.15, 0.2) is 22.7 Å². The average Bonchev–Trinajstić information content (AvgIpc) is 2.87. The van der Waals surface area contributed by atoms with Crippen molar-refractivity contribution in [3.63, 3.8) is 0 Å². The van der Waals surface area contributed by atoms with Crippen molar-refractivity contribution < 1.29 is 14.6 Å². The van der Waals surface area contributed by atoms with Gasteiger partial charge in [0, 0.05) is 17.7 Å². The lowest BCUT2D eigenvalue weighted by Crippen LogP contribution is -1.97. The lowest BCUT2D eigenvalue weighted by Gasteiger charge is -2.00. The van der Waals surface area contributed by atoms with Crippen LogP contribution in [0.1, 0.15) is 30.8 Å². The maximum Gasteiger partial charge on any atom is 0.270 e. The van der Waals surface area contributed by atoms with E-state index < -0.39 is 11.0 Å². The summed E-state index contributed by atoms with van der Waals surface area (Å²) in [6.45, 7) is 3.58. The fourth-order valence-corrected chi connectivity index (χ4v) is 1.62. The first-order valence-electron chi connectivity index (χ1n) is 5.80. The van der Waals surface area contributed by atoms with Gasteiger partial charge in [-0.3, -0.25) is 10.1 Å². The second kappa shape index (κ2) is 5.15. The Morgan fingerprint density at radius 1 is 1.53 bits per heavy atom. The number of rotatable bonds is 4. The first-order valence-corrected chi connectivity index (χ1v) is 5.80. The molecule has 1 N–H and O–H groups in total. The molecule has 0 aliphatic rings. The third-order valence-corrected chi connectivity index (χ3v) is 2.79. The Labute approximate surface area is 109 Å². The molecule has 1 aromatic carbocycles. The highest BCUT2D eigenvalue weighted by Gasteiger charge is 2.18. The maximum atomic E-state index is 10.8. The van der Waals surface area contributed by atoms with Crippen LogP contribution in [0.4, 0.5) is 5.69 Å². The SMILES string of the molecule is CCC(O)c1noc(-c2cc([N+](=O)[O-])ccc2C)n1. The summed E-state index contributed by atoms with van der Waals surface area (Å²) in [4.78, 5) is 14.3. The molecule has 1 aromatic heterocycles. The van der Waals surface area contributed by atoms with Gasteiger partial charge in [0.15, 0.2) is 0 Å². The molecule has 2 aromatic rings. The fourth-order valence-electron chi connectivity index (χ4n) is 1.62. The van der Waals surface area contributed by atoms with Crippen molar-refractivity contribution in [1.82, 2.24) is 10.1 Å². The maximum absolute atomic E-state index is 10.8. The number of nitro groups is 1. The van der Waals surface area contributed by atoms with E-state index in [4.69, 9.17) is 4.52 Å². The van der Waals surface area contributed by atoms with Crippen molar-refractivity contribution in [3.8, 4) is 11.5 Å². The van der Waals surface area contributed by atoms with Gasteiger partial charge < -0.3 is 9.63 Å². The summed E-state index contributed by atoms with van der Waals surface area (Å²) in [5.74, 6) is 0.354. The molecule has 1 heterocycles. The molecular formula is C12H13N3O4. The van der Waals surface area contributed by atoms with Gasteiger partial charge in [0.05, 0.1) is 4.92 Å². The van der Waals surface area contributed by atoms with Crippen LogP contribution in [0.2, 0.25) is 0 Å². The number of nitrogens with zero attached hydrogens (tertiary/aromatic N) is 3. The number of aryl methyl sites for hydroxylation is 1. The fraction of sp³-hybridized carbons (Fsp3) is 0.333. The Hall–Kier alpha value is -2.28. The van der Waals surface area contributed by atoms with E-state index in [1.165, 1.54) is 12.1 Å². The molecule has 0 amide bonds. The minimum atomic E-state index is -0.795. The number of aliphatic hydroxyl groups excluding tert-OH is 1. The summed E-state index contributed by atoms with van der Waals surface area (Å²) >= 11 is 0. The highest BCUT2D eigenvalue weighted by atomic mass is 16.6. The summed E-state index contributed by atoms with van der Waals surface area (Å²) in [5, 5.41) is 24.0. The molecule has 0 fully saturated rings. The first kappa shape index (κ1) is 13.2. The van der Waals surface area contributed by atoms with Crippen LogP contribution in [0.3, 0.4) is 0 Å². The third-order valence-electron chi connectivity index (χ3n) is 2.79. The molecule has 0 bridgehead atoms. The standard InChI is InChI=1S/C12H13N3O4/c1-3-10(16)11-13-12(19-14-11)9-6-8(15(17)18)5-4-7(9)2/h4-6,10,16H,3H2,1-2H3. The summed E-state index contributed by atoms with van der Waals surface area (Å²) in [7, 11) is 0. The molecule has 7 heteroatoms. The summed E-state index contributed by atoms with van der Waals surface area (Å²) < 4.78 is 5.05. The van der Waals surface area contributed by atoms with E-state index in [2.05, 4.69) is 10.1 Å². The van der Waals surface area contributed by atoms with E-state index in [0.717, 1.165) is 5.56 Å². The Morgan fingerprint density at radius 3 is 2.89 bits per heavy atom. The zero-order chi connectivity index (χ0) is 14.0. The minimum Gasteiger partial charge on any atom is -0.385 e. The van der Waals surface area contributed by atoms with Crippen LogP contribution < -0.4 is 0 Å². The third kappa shape index (κ3) is 2.60. The topological polar surface area (TPSA) is 102 Å². The second-order valence-corrected chi connectivity index (χ2v) is 4.14. The minimum absolute atomic E-state index is 0.0450. The zero-order valence-corrected chi connectivity index (χ0v) is 10.5. The van der Waals surface area contributed by atoms with Crippen molar-refractivity contribution in [2.75, 3.05) is 0 Å². The van der Waals surface area contributed by atoms with Crippen LogP contribution >= 0.6 is 0 Å². The van der Waals surface area contributed by atoms with Gasteiger partial charge in [0.25, 0.3) is 11.6 Å². The molecule has 0 aliphatic heterocycles. The molecule has 1 unspecified atom stereocenters. The van der Waals surface area contributed by atoms with E-state index in [-0.39, 0.29) is 17.4 Å². The van der Waals surface area contributed by atoms with Crippen molar-refractivity contribution in [2.24, 2.45) is 0 Å². The van der Waals surface area contributed by atoms with Gasteiger partial charge in [0.2, 0.25) is 5.82 Å². The number of aromatic nitrogens is 2. The van der Waals surface area contributed by atoms with Gasteiger partial charge in [0.1, 0.15) is 6.10 Å². The predicted molar refractivity (Wildman–Crippen MR) is 66.4 cm³/mol. The molecule has 7 nitrogen and oxygen atoms in total. The average molecular weight is 263 g/mol. The molecule has 100 valence electrons. The molecule has 19 heavy (non-hydrogen) atoms. The molecule has 0 spiro atoms. The molecule has 1 atom stereocenters. The van der Waals surface area contributed by atoms with Crippen molar-refractivity contribution in [1.29, 1.82) is 0 Å². The summed E-state index contributed by atoms with van der Waals surface area (Å²) in [6, 6.07) is 4.41. The van der Waals surface area contributed by atoms with Gasteiger partial charge in [-0.15, -0.1) is 0 Å². The molecule has 0 radical (unpaired) electrons. The Morgan fingerprint density at radius 2 is 2.26 bits per heavy atom. The van der Waals surface area contributed by atoms with Gasteiger partial charge in [-0.2, -0.15) is 4.98 Å². The highest BCUT2D eigenvalue weighted by molar-refractivity contribution is 5.62. The predicted octanol–water partition coefficient (Wildman–Crippen LogP) is 2.40. The molecule has 2 rings (SSSR count). The van der Waals surface area contributed by atoms with E-state index in [0.29, 0.717) is 12.0 Å². The summed E-state index contributed by atoms with van der Waals surface area (Å²) in [6.07, 6.45) is -0.330. The van der Waals surface area contributed by atoms with Gasteiger partial charge in [-0.1, -0.05) is 18.1 Å². The highest BCUT2D eigenvalue weighted by Crippen LogP contribution is 2.27. The van der Waals surface area contributed by atoms with Crippen LogP contribution in [0, 0.1) is 17.0 Å². The van der Waals surface area contributed by atoms with Crippen LogP contribution in [0.25, 0.3) is 11.5 Å². The van der Waals surface area contributed by atoms with Crippen LogP contribution in [-0.2, 0) is 0 Å². The first-order chi connectivity index (χ1) is 9.02. The second-order valence-electron chi connectivity index (χ2n) is 4.14. The van der Waals surface area contributed by atoms with Crippen LogP contribution in [0.5, 0.6) is 0 Å². The number of hydrogen-bond donors (Lipinski definition) is 1. The Balaban J connectivity index is 2.43. The van der Waals surface area contributed by atoms with Crippen LogP contribution in [-0.4, -0.2) is 20.2 Å². The van der Waals surface area contributed by atoms with E-state index in [1.54, 1.807) is 19.9 Å². The van der Waals surface area contributed by atoms with E-state index in [9.17, 15) is 15.2 Å². The van der Waals surface area contributed by atoms with E-state index >= 15 is 0 Å². The number of benzene rings is 1. The van der Waals surface area contributed by atoms with Gasteiger partial charge in [-0.25, -0.2) is 0 Å². The zero-order valence-electron chi connectivity index (χ0n) is 10.5. The number of hydrogen-bond acceptors (Lipinski definition) is 6. The molecule has 0 saturated heterocycles. The number of aliphatic hydroxyl groups is 1. The van der Waals surface area contributed by atoms with Gasteiger partial charge >= 0.3 is 0 Å². The number of nitro benzene ring substituents is 1. The van der Waals surface area contributed by atoms with Crippen molar-refractivity contribution >= 4 is 5.69 Å². The smallest absolute Gasteiger partial charge is 0.270 e. The monoisotopic (exact) mass is 263 g/mol. The number of non-ortho nitro benzene ring substituents is 1. The normalized spacial score (nSPS) is 12.4. The van der Waals surface area contributed by atoms with Crippen molar-refractivity contribution in [2.45, 2.75) is 26.4 Å². The lowest BCUT2D eigenvalue weighted by molar-refractivity contribution is -0.384. The summed E-state index contributed by atoms with van der Waals surface area (Å²) in [5.41, 5.74) is 1.24. The van der Waals surface area contributed by atoms with E-state index in [1.807, 2.05) is 0 Å². The largest absolute Gasteiger partial charge is 0.385 e.